The number of carboxylic acid groups (broad SMARTS) is 1. The Morgan fingerprint density at radius 1 is 1.25 bits per heavy atom. The lowest BCUT2D eigenvalue weighted by atomic mass is 10.0. The molecule has 32 heavy (non-hydrogen) atoms. The fourth-order valence-corrected chi connectivity index (χ4v) is 6.06. The third-order valence-corrected chi connectivity index (χ3v) is 7.93. The molecule has 0 bridgehead atoms. The SMILES string of the molecule is CCCCCCCCC(NC1CSC(c2cccs2)CN(CC(=O)O)C1=O)C(=O)OCC. The Morgan fingerprint density at radius 3 is 2.66 bits per heavy atom. The van der Waals surface area contributed by atoms with Crippen molar-refractivity contribution in [2.75, 3.05) is 25.4 Å². The zero-order valence-corrected chi connectivity index (χ0v) is 20.7. The number of hydrogen-bond donors (Lipinski definition) is 2. The summed E-state index contributed by atoms with van der Waals surface area (Å²) < 4.78 is 5.25. The number of carbonyl (C=O) groups is 3. The number of nitrogens with zero attached hydrogens (tertiary/aromatic N) is 1. The van der Waals surface area contributed by atoms with Crippen LogP contribution in [-0.4, -0.2) is 65.4 Å². The van der Waals surface area contributed by atoms with Crippen LogP contribution >= 0.6 is 23.1 Å². The van der Waals surface area contributed by atoms with Crippen molar-refractivity contribution >= 4 is 40.9 Å². The molecule has 1 aromatic rings. The summed E-state index contributed by atoms with van der Waals surface area (Å²) in [7, 11) is 0. The second kappa shape index (κ2) is 14.5. The van der Waals surface area contributed by atoms with E-state index >= 15 is 0 Å². The summed E-state index contributed by atoms with van der Waals surface area (Å²) in [6.45, 7) is 4.23. The number of ether oxygens (including phenoxy) is 1. The van der Waals surface area contributed by atoms with Crippen LogP contribution in [0.3, 0.4) is 0 Å². The van der Waals surface area contributed by atoms with E-state index in [0.29, 0.717) is 18.7 Å². The van der Waals surface area contributed by atoms with E-state index in [4.69, 9.17) is 4.74 Å². The van der Waals surface area contributed by atoms with Gasteiger partial charge in [-0.2, -0.15) is 0 Å². The third kappa shape index (κ3) is 8.75. The highest BCUT2D eigenvalue weighted by Gasteiger charge is 2.35. The minimum atomic E-state index is -1.04. The fraction of sp³-hybridized carbons (Fsp3) is 0.696. The first-order valence-electron chi connectivity index (χ1n) is 11.5. The van der Waals surface area contributed by atoms with Crippen molar-refractivity contribution < 1.29 is 24.2 Å². The third-order valence-electron chi connectivity index (χ3n) is 5.47. The molecular formula is C23H36N2O5S2. The van der Waals surface area contributed by atoms with Gasteiger partial charge in [0.1, 0.15) is 12.6 Å². The van der Waals surface area contributed by atoms with Crippen LogP contribution in [0.25, 0.3) is 0 Å². The molecule has 7 nitrogen and oxygen atoms in total. The minimum absolute atomic E-state index is 0.0182. The Kier molecular flexibility index (Phi) is 12.1. The number of unbranched alkanes of at least 4 members (excludes halogenated alkanes) is 5. The predicted molar refractivity (Wildman–Crippen MR) is 129 cm³/mol. The molecule has 1 aromatic heterocycles. The number of hydrogen-bond acceptors (Lipinski definition) is 7. The van der Waals surface area contributed by atoms with Gasteiger partial charge in [0.25, 0.3) is 0 Å². The van der Waals surface area contributed by atoms with Crippen molar-refractivity contribution in [2.45, 2.75) is 76.1 Å². The molecule has 0 saturated carbocycles. The van der Waals surface area contributed by atoms with Crippen molar-refractivity contribution in [1.29, 1.82) is 0 Å². The number of rotatable bonds is 14. The summed E-state index contributed by atoms with van der Waals surface area (Å²) in [5, 5.41) is 14.6. The van der Waals surface area contributed by atoms with Crippen molar-refractivity contribution in [3.8, 4) is 0 Å². The van der Waals surface area contributed by atoms with Gasteiger partial charge >= 0.3 is 11.9 Å². The molecule has 2 N–H and O–H groups in total. The van der Waals surface area contributed by atoms with Gasteiger partial charge in [0.2, 0.25) is 5.91 Å². The first-order valence-corrected chi connectivity index (χ1v) is 13.5. The van der Waals surface area contributed by atoms with Crippen LogP contribution in [0.4, 0.5) is 0 Å². The average molecular weight is 485 g/mol. The van der Waals surface area contributed by atoms with Gasteiger partial charge in [-0.05, 0) is 24.8 Å². The fourth-order valence-electron chi connectivity index (χ4n) is 3.80. The minimum Gasteiger partial charge on any atom is -0.480 e. The van der Waals surface area contributed by atoms with Crippen molar-refractivity contribution in [2.24, 2.45) is 0 Å². The Labute approximate surface area is 199 Å². The summed E-state index contributed by atoms with van der Waals surface area (Å²) in [5.41, 5.74) is 0. The number of amides is 1. The predicted octanol–water partition coefficient (Wildman–Crippen LogP) is 4.09. The summed E-state index contributed by atoms with van der Waals surface area (Å²) in [6, 6.07) is 2.78. The number of nitrogens with one attached hydrogen (secondary N) is 1. The maximum absolute atomic E-state index is 13.2. The topological polar surface area (TPSA) is 95.9 Å². The van der Waals surface area contributed by atoms with E-state index in [-0.39, 0.29) is 30.3 Å². The van der Waals surface area contributed by atoms with E-state index in [1.54, 1.807) is 30.0 Å². The molecule has 1 aliphatic heterocycles. The molecular weight excluding hydrogens is 448 g/mol. The quantitative estimate of drug-likeness (QED) is 0.303. The number of aliphatic carboxylic acids is 1. The van der Waals surface area contributed by atoms with E-state index in [1.165, 1.54) is 24.2 Å². The van der Waals surface area contributed by atoms with Crippen LogP contribution in [0.15, 0.2) is 17.5 Å². The highest BCUT2D eigenvalue weighted by molar-refractivity contribution is 7.99. The van der Waals surface area contributed by atoms with Gasteiger partial charge < -0.3 is 14.7 Å². The summed E-state index contributed by atoms with van der Waals surface area (Å²) in [6.07, 6.45) is 7.26. The van der Waals surface area contributed by atoms with Crippen LogP contribution in [0.2, 0.25) is 0 Å². The molecule has 1 fully saturated rings. The lowest BCUT2D eigenvalue weighted by Gasteiger charge is -2.26. The Balaban J connectivity index is 2.06. The number of thiophene rings is 1. The Morgan fingerprint density at radius 2 is 2.00 bits per heavy atom. The maximum Gasteiger partial charge on any atom is 0.323 e. The number of thioether (sulfide) groups is 1. The van der Waals surface area contributed by atoms with Gasteiger partial charge in [-0.3, -0.25) is 19.7 Å². The first kappa shape index (κ1) is 26.7. The molecule has 180 valence electrons. The van der Waals surface area contributed by atoms with E-state index < -0.39 is 18.1 Å². The molecule has 1 saturated heterocycles. The molecule has 1 aliphatic rings. The second-order valence-corrected chi connectivity index (χ2v) is 10.2. The summed E-state index contributed by atoms with van der Waals surface area (Å²) in [5.74, 6) is -1.17. The number of esters is 1. The van der Waals surface area contributed by atoms with Crippen molar-refractivity contribution in [1.82, 2.24) is 10.2 Å². The van der Waals surface area contributed by atoms with E-state index in [1.807, 2.05) is 17.5 Å². The Hall–Kier alpha value is -1.58. The molecule has 2 rings (SSSR count). The lowest BCUT2D eigenvalue weighted by Crippen LogP contribution is -2.53. The van der Waals surface area contributed by atoms with Crippen LogP contribution in [-0.2, 0) is 19.1 Å². The van der Waals surface area contributed by atoms with Gasteiger partial charge in [-0.15, -0.1) is 23.1 Å². The monoisotopic (exact) mass is 484 g/mol. The van der Waals surface area contributed by atoms with Crippen molar-refractivity contribution in [3.05, 3.63) is 22.4 Å². The molecule has 3 unspecified atom stereocenters. The smallest absolute Gasteiger partial charge is 0.323 e. The normalized spacial score (nSPS) is 20.1. The van der Waals surface area contributed by atoms with Crippen LogP contribution in [0, 0.1) is 0 Å². The maximum atomic E-state index is 13.2. The molecule has 0 radical (unpaired) electrons. The van der Waals surface area contributed by atoms with Gasteiger partial charge in [0.15, 0.2) is 0 Å². The highest BCUT2D eigenvalue weighted by atomic mass is 32.2. The standard InChI is InChI=1S/C23H36N2O5S2/c1-3-5-6-7-8-9-11-17(23(29)30-4-2)24-18-16-32-20(19-12-10-13-31-19)14-25(22(18)28)15-21(26)27/h10,12-13,17-18,20,24H,3-9,11,14-16H2,1-2H3,(H,26,27). The molecule has 0 aromatic carbocycles. The molecule has 1 amide bonds. The zero-order valence-electron chi connectivity index (χ0n) is 19.1. The van der Waals surface area contributed by atoms with Crippen LogP contribution < -0.4 is 5.32 Å². The molecule has 2 heterocycles. The molecule has 0 spiro atoms. The van der Waals surface area contributed by atoms with Gasteiger partial charge in [-0.1, -0.05) is 51.5 Å². The Bertz CT molecular complexity index is 713. The largest absolute Gasteiger partial charge is 0.480 e. The summed E-state index contributed by atoms with van der Waals surface area (Å²) >= 11 is 3.24. The second-order valence-electron chi connectivity index (χ2n) is 8.03. The molecule has 9 heteroatoms. The molecule has 3 atom stereocenters. The van der Waals surface area contributed by atoms with E-state index in [2.05, 4.69) is 12.2 Å². The number of carbonyl (C=O) groups excluding carboxylic acids is 2. The number of carboxylic acids is 1. The van der Waals surface area contributed by atoms with Gasteiger partial charge in [0, 0.05) is 17.2 Å². The molecule has 0 aliphatic carbocycles. The zero-order chi connectivity index (χ0) is 23.3. The van der Waals surface area contributed by atoms with E-state index in [9.17, 15) is 19.5 Å². The average Bonchev–Trinajstić information content (AvgIpc) is 3.25. The van der Waals surface area contributed by atoms with Gasteiger partial charge in [-0.25, -0.2) is 0 Å². The lowest BCUT2D eigenvalue weighted by molar-refractivity contribution is -0.148. The van der Waals surface area contributed by atoms with Crippen molar-refractivity contribution in [3.63, 3.8) is 0 Å². The van der Waals surface area contributed by atoms with Crippen LogP contribution in [0.5, 0.6) is 0 Å². The van der Waals surface area contributed by atoms with Crippen LogP contribution in [0.1, 0.15) is 68.9 Å². The summed E-state index contributed by atoms with van der Waals surface area (Å²) in [4.78, 5) is 39.7. The van der Waals surface area contributed by atoms with E-state index in [0.717, 1.165) is 24.1 Å². The van der Waals surface area contributed by atoms with Gasteiger partial charge in [0.05, 0.1) is 17.9 Å². The highest BCUT2D eigenvalue weighted by Crippen LogP contribution is 2.35. The first-order chi connectivity index (χ1) is 15.5.